The number of aryl methyl sites for hydroxylation is 1. The normalized spacial score (nSPS) is 11.1. The summed E-state index contributed by atoms with van der Waals surface area (Å²) in [5.74, 6) is 1.06. The molecule has 5 rings (SSSR count). The number of carbonyl (C=O) groups excluding carboxylic acids is 1. The summed E-state index contributed by atoms with van der Waals surface area (Å²) in [7, 11) is 0. The summed E-state index contributed by atoms with van der Waals surface area (Å²) in [5.41, 5.74) is 4.44. The number of para-hydroxylation sites is 2. The van der Waals surface area contributed by atoms with Crippen molar-refractivity contribution in [1.29, 1.82) is 0 Å². The Balaban J connectivity index is 1.38. The molecule has 0 spiro atoms. The molecule has 0 saturated carbocycles. The molecule has 8 nitrogen and oxygen atoms in total. The number of anilines is 1. The van der Waals surface area contributed by atoms with E-state index in [9.17, 15) is 4.79 Å². The molecule has 5 aromatic rings. The summed E-state index contributed by atoms with van der Waals surface area (Å²) < 4.78 is 3.62. The zero-order valence-corrected chi connectivity index (χ0v) is 18.7. The van der Waals surface area contributed by atoms with E-state index in [4.69, 9.17) is 0 Å². The van der Waals surface area contributed by atoms with E-state index < -0.39 is 0 Å². The third kappa shape index (κ3) is 4.49. The standard InChI is InChI=1S/C24H21N7OS/c1-17-8-7-9-18(16-17)25-22(32)14-15-33-24-28-27-23(30(24)19-10-3-2-4-11-19)31-21-13-6-5-12-20(21)26-29-31/h2-13,16H,14-15H2,1H3,(H,25,32). The first-order valence-corrected chi connectivity index (χ1v) is 11.5. The average molecular weight is 456 g/mol. The quantitative estimate of drug-likeness (QED) is 0.365. The lowest BCUT2D eigenvalue weighted by atomic mass is 10.2. The maximum absolute atomic E-state index is 12.4. The summed E-state index contributed by atoms with van der Waals surface area (Å²) in [5, 5.41) is 21.0. The molecule has 1 N–H and O–H groups in total. The molecule has 0 bridgehead atoms. The highest BCUT2D eigenvalue weighted by Crippen LogP contribution is 2.26. The predicted molar refractivity (Wildman–Crippen MR) is 129 cm³/mol. The Kier molecular flexibility index (Phi) is 5.86. The third-order valence-corrected chi connectivity index (χ3v) is 5.96. The minimum absolute atomic E-state index is 0.0404. The molecular weight excluding hydrogens is 434 g/mol. The predicted octanol–water partition coefficient (Wildman–Crippen LogP) is 4.43. The van der Waals surface area contributed by atoms with Crippen molar-refractivity contribution in [3.05, 3.63) is 84.4 Å². The van der Waals surface area contributed by atoms with E-state index in [-0.39, 0.29) is 5.91 Å². The number of aromatic nitrogens is 6. The first-order valence-electron chi connectivity index (χ1n) is 10.5. The minimum Gasteiger partial charge on any atom is -0.326 e. The van der Waals surface area contributed by atoms with Crippen molar-refractivity contribution < 1.29 is 4.79 Å². The largest absolute Gasteiger partial charge is 0.326 e. The molecule has 0 aliphatic heterocycles. The van der Waals surface area contributed by atoms with E-state index in [1.807, 2.05) is 90.4 Å². The zero-order valence-electron chi connectivity index (χ0n) is 17.9. The summed E-state index contributed by atoms with van der Waals surface area (Å²) in [6, 6.07) is 25.3. The van der Waals surface area contributed by atoms with Crippen molar-refractivity contribution >= 4 is 34.4 Å². The number of hydrogen-bond donors (Lipinski definition) is 1. The molecule has 0 unspecified atom stereocenters. The van der Waals surface area contributed by atoms with Crippen LogP contribution in [-0.4, -0.2) is 41.4 Å². The number of thioether (sulfide) groups is 1. The first kappa shape index (κ1) is 20.9. The minimum atomic E-state index is -0.0404. The smallest absolute Gasteiger partial charge is 0.259 e. The molecule has 0 radical (unpaired) electrons. The number of rotatable bonds is 7. The third-order valence-electron chi connectivity index (χ3n) is 5.03. The van der Waals surface area contributed by atoms with Crippen LogP contribution in [0.5, 0.6) is 0 Å². The van der Waals surface area contributed by atoms with Crippen molar-refractivity contribution in [3.63, 3.8) is 0 Å². The lowest BCUT2D eigenvalue weighted by Gasteiger charge is -2.10. The lowest BCUT2D eigenvalue weighted by Crippen LogP contribution is -2.12. The summed E-state index contributed by atoms with van der Waals surface area (Å²) in [6.07, 6.45) is 0.349. The van der Waals surface area contributed by atoms with Crippen LogP contribution in [0.25, 0.3) is 22.7 Å². The first-order chi connectivity index (χ1) is 16.2. The number of benzene rings is 3. The van der Waals surface area contributed by atoms with Gasteiger partial charge in [-0.15, -0.1) is 15.3 Å². The highest BCUT2D eigenvalue weighted by atomic mass is 32.2. The molecule has 9 heteroatoms. The lowest BCUT2D eigenvalue weighted by molar-refractivity contribution is -0.115. The van der Waals surface area contributed by atoms with Crippen LogP contribution in [-0.2, 0) is 4.79 Å². The highest BCUT2D eigenvalue weighted by molar-refractivity contribution is 7.99. The van der Waals surface area contributed by atoms with Crippen molar-refractivity contribution in [2.24, 2.45) is 0 Å². The van der Waals surface area contributed by atoms with Crippen molar-refractivity contribution in [3.8, 4) is 11.6 Å². The van der Waals surface area contributed by atoms with Crippen LogP contribution in [0.4, 0.5) is 5.69 Å². The molecule has 2 heterocycles. The number of nitrogens with one attached hydrogen (secondary N) is 1. The number of hydrogen-bond acceptors (Lipinski definition) is 6. The van der Waals surface area contributed by atoms with Gasteiger partial charge >= 0.3 is 0 Å². The number of carbonyl (C=O) groups is 1. The average Bonchev–Trinajstić information content (AvgIpc) is 3.43. The zero-order chi connectivity index (χ0) is 22.6. The fraction of sp³-hybridized carbons (Fsp3) is 0.125. The second-order valence-corrected chi connectivity index (χ2v) is 8.52. The number of amides is 1. The SMILES string of the molecule is Cc1cccc(NC(=O)CCSc2nnc(-n3nnc4ccccc43)n2-c2ccccc2)c1. The van der Waals surface area contributed by atoms with Gasteiger partial charge in [-0.1, -0.05) is 59.4 Å². The fourth-order valence-corrected chi connectivity index (χ4v) is 4.38. The number of nitrogens with zero attached hydrogens (tertiary/aromatic N) is 6. The summed E-state index contributed by atoms with van der Waals surface area (Å²) >= 11 is 1.47. The van der Waals surface area contributed by atoms with E-state index in [1.54, 1.807) is 4.68 Å². The van der Waals surface area contributed by atoms with Gasteiger partial charge in [-0.05, 0) is 48.9 Å². The van der Waals surface area contributed by atoms with E-state index in [0.717, 1.165) is 28.0 Å². The van der Waals surface area contributed by atoms with Crippen LogP contribution in [0.3, 0.4) is 0 Å². The fourth-order valence-electron chi connectivity index (χ4n) is 3.49. The van der Waals surface area contributed by atoms with Gasteiger partial charge in [-0.2, -0.15) is 4.68 Å². The summed E-state index contributed by atoms with van der Waals surface area (Å²) in [4.78, 5) is 12.4. The van der Waals surface area contributed by atoms with Crippen LogP contribution in [0.15, 0.2) is 84.0 Å². The Morgan fingerprint density at radius 3 is 2.61 bits per heavy atom. The van der Waals surface area contributed by atoms with Crippen molar-refractivity contribution in [1.82, 2.24) is 29.8 Å². The van der Waals surface area contributed by atoms with Gasteiger partial charge in [0, 0.05) is 17.9 Å². The van der Waals surface area contributed by atoms with Gasteiger partial charge in [0.1, 0.15) is 5.52 Å². The Morgan fingerprint density at radius 1 is 0.939 bits per heavy atom. The Labute approximate surface area is 194 Å². The van der Waals surface area contributed by atoms with Crippen LogP contribution >= 0.6 is 11.8 Å². The molecule has 2 aromatic heterocycles. The Hall–Kier alpha value is -3.98. The molecule has 0 aliphatic carbocycles. The van der Waals surface area contributed by atoms with Crippen molar-refractivity contribution in [2.45, 2.75) is 18.5 Å². The van der Waals surface area contributed by atoms with Gasteiger partial charge in [0.05, 0.1) is 11.2 Å². The van der Waals surface area contributed by atoms with Gasteiger partial charge in [0.15, 0.2) is 5.16 Å². The molecule has 33 heavy (non-hydrogen) atoms. The van der Waals surface area contributed by atoms with Gasteiger partial charge < -0.3 is 5.32 Å². The molecule has 1 amide bonds. The highest BCUT2D eigenvalue weighted by Gasteiger charge is 2.19. The van der Waals surface area contributed by atoms with E-state index >= 15 is 0 Å². The van der Waals surface area contributed by atoms with Gasteiger partial charge in [-0.3, -0.25) is 9.36 Å². The molecule has 3 aromatic carbocycles. The van der Waals surface area contributed by atoms with Gasteiger partial charge in [-0.25, -0.2) is 0 Å². The summed E-state index contributed by atoms with van der Waals surface area (Å²) in [6.45, 7) is 2.00. The van der Waals surface area contributed by atoms with Gasteiger partial charge in [0.2, 0.25) is 5.91 Å². The maximum atomic E-state index is 12.4. The van der Waals surface area contributed by atoms with Crippen molar-refractivity contribution in [2.75, 3.05) is 11.1 Å². The monoisotopic (exact) mass is 455 g/mol. The second kappa shape index (κ2) is 9.25. The van der Waals surface area contributed by atoms with E-state index in [0.29, 0.717) is 23.3 Å². The van der Waals surface area contributed by atoms with Crippen LogP contribution in [0.2, 0.25) is 0 Å². The second-order valence-electron chi connectivity index (χ2n) is 7.46. The molecule has 0 aliphatic rings. The number of fused-ring (bicyclic) bond motifs is 1. The Morgan fingerprint density at radius 2 is 1.76 bits per heavy atom. The van der Waals surface area contributed by atoms with E-state index in [2.05, 4.69) is 25.8 Å². The van der Waals surface area contributed by atoms with Crippen LogP contribution in [0.1, 0.15) is 12.0 Å². The van der Waals surface area contributed by atoms with Gasteiger partial charge in [0.25, 0.3) is 5.95 Å². The van der Waals surface area contributed by atoms with Crippen LogP contribution < -0.4 is 5.32 Å². The molecule has 164 valence electrons. The van der Waals surface area contributed by atoms with Crippen LogP contribution in [0, 0.1) is 6.92 Å². The Bertz CT molecular complexity index is 1410. The van der Waals surface area contributed by atoms with E-state index in [1.165, 1.54) is 11.8 Å². The maximum Gasteiger partial charge on any atom is 0.259 e. The molecule has 0 saturated heterocycles. The molecule has 0 fully saturated rings. The molecule has 0 atom stereocenters. The molecular formula is C24H21N7OS. The topological polar surface area (TPSA) is 90.5 Å².